The second kappa shape index (κ2) is 48.4. The summed E-state index contributed by atoms with van der Waals surface area (Å²) in [5.74, 6) is -14.0. The molecule has 5 aromatic rings. The molecule has 0 spiro atoms. The van der Waals surface area contributed by atoms with E-state index in [1.807, 2.05) is 39.8 Å². The average Bonchev–Trinajstić information content (AvgIpc) is 0.760. The third kappa shape index (κ3) is 27.0. The van der Waals surface area contributed by atoms with Crippen LogP contribution in [-0.4, -0.2) is 244 Å². The molecule has 7 heterocycles. The van der Waals surface area contributed by atoms with Gasteiger partial charge in [-0.25, -0.2) is 0 Å². The number of hydrogen-bond donors (Lipinski definition) is 19. The van der Waals surface area contributed by atoms with Crippen molar-refractivity contribution in [3.05, 3.63) is 117 Å². The molecule has 0 aromatic heterocycles. The normalized spacial score (nSPS) is 25.6. The van der Waals surface area contributed by atoms with E-state index in [-0.39, 0.29) is 80.2 Å². The predicted octanol–water partition coefficient (Wildman–Crippen LogP) is 7.27. The van der Waals surface area contributed by atoms with Crippen LogP contribution in [0, 0.1) is 5.92 Å². The third-order valence-electron chi connectivity index (χ3n) is 24.5. The van der Waals surface area contributed by atoms with Gasteiger partial charge in [-0.1, -0.05) is 159 Å². The molecule has 0 radical (unpaired) electrons. The first-order valence-electron chi connectivity index (χ1n) is 45.5. The van der Waals surface area contributed by atoms with Gasteiger partial charge in [0.2, 0.25) is 59.3 Å². The van der Waals surface area contributed by atoms with Crippen LogP contribution in [0.2, 0.25) is 10.0 Å². The van der Waals surface area contributed by atoms with E-state index in [4.69, 9.17) is 63.1 Å². The highest BCUT2D eigenvalue weighted by molar-refractivity contribution is 6.32. The fraction of sp³-hybridized carbons (Fsp3) is 0.591. The molecule has 2 saturated heterocycles. The average molecular weight is 1860 g/mol. The molecule has 12 rings (SSSR count). The van der Waals surface area contributed by atoms with Crippen molar-refractivity contribution in [2.75, 3.05) is 67.0 Å². The predicted molar refractivity (Wildman–Crippen MR) is 485 cm³/mol. The number of ether oxygens (including phenoxy) is 6. The highest BCUT2D eigenvalue weighted by Gasteiger charge is 2.52. The summed E-state index contributed by atoms with van der Waals surface area (Å²) in [6.07, 6.45) is 1.76. The number of likely N-dealkylation sites (N-methyl/N-ethyl adjacent to an activating group) is 1. The van der Waals surface area contributed by atoms with Crippen LogP contribution in [0.3, 0.4) is 0 Å². The van der Waals surface area contributed by atoms with Gasteiger partial charge in [0.15, 0.2) is 23.9 Å². The molecule has 11 bridgehead atoms. The van der Waals surface area contributed by atoms with Gasteiger partial charge < -0.3 is 138 Å². The zero-order chi connectivity index (χ0) is 94.4. The maximum atomic E-state index is 16.5. The summed E-state index contributed by atoms with van der Waals surface area (Å²) in [5.41, 5.74) is 8.98. The lowest BCUT2D eigenvalue weighted by Crippen LogP contribution is -2.66. The van der Waals surface area contributed by atoms with Crippen LogP contribution in [0.15, 0.2) is 78.9 Å². The number of nitrogens with zero attached hydrogens (tertiary/aromatic N) is 2. The van der Waals surface area contributed by atoms with Crippen LogP contribution in [0.25, 0.3) is 11.1 Å². The van der Waals surface area contributed by atoms with Gasteiger partial charge in [0, 0.05) is 55.3 Å². The Bertz CT molecular complexity index is 4670. The number of phenols is 3. The molecule has 0 unspecified atom stereocenters. The molecule has 18 atom stereocenters. The number of aromatic hydroxyl groups is 3. The molecule has 7 aliphatic rings. The van der Waals surface area contributed by atoms with E-state index < -0.39 is 210 Å². The highest BCUT2D eigenvalue weighted by Crippen LogP contribution is 2.50. The maximum absolute atomic E-state index is 16.5. The smallest absolute Gasteiger partial charge is 0.248 e. The lowest BCUT2D eigenvalue weighted by molar-refractivity contribution is -0.331. The van der Waals surface area contributed by atoms with Gasteiger partial charge in [0.1, 0.15) is 95.5 Å². The monoisotopic (exact) mass is 1850 g/mol. The zero-order valence-electron chi connectivity index (χ0n) is 75.6. The number of aliphatic hydroxyl groups excluding tert-OH is 5. The molecule has 37 heteroatoms. The van der Waals surface area contributed by atoms with Crippen LogP contribution < -0.4 is 73.5 Å². The fourth-order valence-corrected chi connectivity index (χ4v) is 17.6. The molecule has 7 aliphatic heterocycles. The van der Waals surface area contributed by atoms with E-state index in [9.17, 15) is 55.2 Å². The van der Waals surface area contributed by atoms with Gasteiger partial charge in [-0.3, -0.25) is 38.4 Å². The lowest BCUT2D eigenvalue weighted by atomic mass is 9.85. The summed E-state index contributed by atoms with van der Waals surface area (Å²) in [6, 6.07) is 1.10. The lowest BCUT2D eigenvalue weighted by Gasteiger charge is -2.48. The van der Waals surface area contributed by atoms with Crippen molar-refractivity contribution >= 4 is 70.5 Å². The standard InChI is InChI=1S/C93H133Cl2N13O22/c1-10-12-14-16-18-20-22-24-36-108(37-25-23-21-19-17-15-13-11-2)38-34-100-93(6)48-71(125-51(5)84(93)117)129-83-81(116)80(115)69(49-96)128-92(83)130-82-67-43-55-44-68(82)127-66-32-29-54(42-60(66)95)79(114)77-91(124)104-75(87(120)99-33-26-35-107(8)9)58-45-56(109)46-64(111)72(58)57-40-52(27-30-63(57)110)73(88(121)106-77)103-89(122)74(55)102-86(119)62(47-70(97)112)101-90(123)76(105-85(118)61(98-7)39-50(3)4)78(113)53-28-31-65(126-67)59(94)41-53/h27-32,40-46,50-51,61-62,69,71,73-81,83-84,92,98,100,109-111,113-117H,10-26,33-39,47-49,96H2,1-9H3,(H2,97,112)(H,99,120)(H,101,123)(H,102,119)(H,103,122)(H,104,124)(H,105,118)(H,106,121)/t51-,61+,62-,69+,71-,73+,74+,75-,76+,77-,78+,79+,80+,81-,83+,84+,92-,93-/m0/s1. The largest absolute Gasteiger partial charge is 0.508 e. The van der Waals surface area contributed by atoms with Crippen LogP contribution in [0.1, 0.15) is 228 Å². The molecule has 8 amide bonds. The number of amides is 8. The Morgan fingerprint density at radius 3 is 1.78 bits per heavy atom. The molecular formula is C93H133Cl2N13O22. The number of fused-ring (bicyclic) bond motifs is 15. The van der Waals surface area contributed by atoms with E-state index in [2.05, 4.69) is 66.6 Å². The van der Waals surface area contributed by atoms with Crippen LogP contribution in [0.5, 0.6) is 46.0 Å². The number of benzene rings is 5. The first-order chi connectivity index (χ1) is 62.0. The Labute approximate surface area is 769 Å². The zero-order valence-corrected chi connectivity index (χ0v) is 77.1. The number of rotatable bonds is 39. The molecule has 21 N–H and O–H groups in total. The summed E-state index contributed by atoms with van der Waals surface area (Å²) in [4.78, 5) is 125. The number of carbonyl (C=O) groups excluding carboxylic acids is 8. The molecule has 35 nitrogen and oxygen atoms in total. The van der Waals surface area contributed by atoms with E-state index in [0.717, 1.165) is 100 Å². The van der Waals surface area contributed by atoms with Crippen molar-refractivity contribution < 1.29 is 108 Å². The number of primary amides is 1. The second-order valence-electron chi connectivity index (χ2n) is 35.5. The van der Waals surface area contributed by atoms with Crippen molar-refractivity contribution in [1.82, 2.24) is 57.7 Å². The van der Waals surface area contributed by atoms with E-state index in [0.29, 0.717) is 26.1 Å². The number of unbranched alkanes of at least 4 members (excludes halogenated alkanes) is 14. The number of nitrogens with two attached hydrogens (primary N) is 2. The van der Waals surface area contributed by atoms with Crippen molar-refractivity contribution in [1.29, 1.82) is 0 Å². The molecule has 0 aliphatic carbocycles. The minimum atomic E-state index is -2.32. The highest BCUT2D eigenvalue weighted by atomic mass is 35.5. The number of halogens is 2. The number of hydrogen-bond acceptors (Lipinski definition) is 27. The van der Waals surface area contributed by atoms with Crippen molar-refractivity contribution in [2.45, 2.75) is 279 Å². The second-order valence-corrected chi connectivity index (χ2v) is 36.3. The summed E-state index contributed by atoms with van der Waals surface area (Å²) in [5, 5.41) is 121. The number of carbonyl (C=O) groups is 8. The number of aliphatic hydroxyl groups is 5. The van der Waals surface area contributed by atoms with Gasteiger partial charge in [-0.2, -0.15) is 0 Å². The topological polar surface area (TPSA) is 521 Å². The number of nitrogens with one attached hydrogen (secondary N) is 9. The Morgan fingerprint density at radius 2 is 1.20 bits per heavy atom. The molecular weight excluding hydrogens is 1720 g/mol. The van der Waals surface area contributed by atoms with Crippen molar-refractivity contribution in [3.8, 4) is 57.1 Å². The van der Waals surface area contributed by atoms with Gasteiger partial charge in [0.05, 0.1) is 34.7 Å². The fourth-order valence-electron chi connectivity index (χ4n) is 17.2. The van der Waals surface area contributed by atoms with E-state index >= 15 is 24.0 Å². The summed E-state index contributed by atoms with van der Waals surface area (Å²) >= 11 is 14.6. The van der Waals surface area contributed by atoms with Crippen molar-refractivity contribution in [3.63, 3.8) is 0 Å². The van der Waals surface area contributed by atoms with Crippen LogP contribution in [0.4, 0.5) is 0 Å². The van der Waals surface area contributed by atoms with Gasteiger partial charge in [0.25, 0.3) is 0 Å². The maximum Gasteiger partial charge on any atom is 0.248 e. The van der Waals surface area contributed by atoms with E-state index in [1.165, 1.54) is 102 Å². The minimum Gasteiger partial charge on any atom is -0.508 e. The molecule has 2 fully saturated rings. The van der Waals surface area contributed by atoms with Gasteiger partial charge in [-0.05, 0) is 169 Å². The van der Waals surface area contributed by atoms with Crippen molar-refractivity contribution in [2.24, 2.45) is 17.4 Å². The Kier molecular flexibility index (Phi) is 38.3. The van der Waals surface area contributed by atoms with Crippen LogP contribution >= 0.6 is 23.2 Å². The molecule has 716 valence electrons. The molecule has 5 aromatic carbocycles. The summed E-state index contributed by atoms with van der Waals surface area (Å²) in [6.45, 7) is 14.6. The Morgan fingerprint density at radius 1 is 0.623 bits per heavy atom. The first kappa shape index (κ1) is 103. The first-order valence-corrected chi connectivity index (χ1v) is 46.2. The third-order valence-corrected chi connectivity index (χ3v) is 25.1. The number of phenolic OH excluding ortho intramolecular Hbond substituents is 3. The van der Waals surface area contributed by atoms with E-state index in [1.54, 1.807) is 6.92 Å². The summed E-state index contributed by atoms with van der Waals surface area (Å²) in [7, 11) is 5.12. The van der Waals surface area contributed by atoms with Gasteiger partial charge >= 0.3 is 0 Å². The molecule has 130 heavy (non-hydrogen) atoms. The molecule has 0 saturated carbocycles. The quantitative estimate of drug-likeness (QED) is 0.0172. The minimum absolute atomic E-state index is 0.0144. The Hall–Kier alpha value is -9.28. The van der Waals surface area contributed by atoms with Crippen LogP contribution in [-0.2, 0) is 52.6 Å². The van der Waals surface area contributed by atoms with Gasteiger partial charge in [-0.15, -0.1) is 0 Å². The summed E-state index contributed by atoms with van der Waals surface area (Å²) < 4.78 is 40.5. The Balaban J connectivity index is 1.13. The SMILES string of the molecule is CCCCCCCCCCN(CCCCCCCCCC)CCN[C@@]1(C)C[C@H](O[C@H]2[C@H](Oc3c4cc5cc3Oc3ccc(cc3Cl)[C@@H](O)[C@@H](NC(=O)[C@@H](CC(C)C)NC)C(=O)N[C@@H](CC(N)=O)C(=O)N[C@H]5C(=O)N[C@H]3C(=O)N[C@H](C(=O)N[C@H](C(=O)NCCCN(C)C)c5cc(O)cc(O)c5-c5cc3ccc5O)[C@H](O)c3ccc(c(Cl)c3)O4)O[C@H](CN)[C@@H](O)[C@@H]2O)O[C@@H](C)[C@H]1O.